The van der Waals surface area contributed by atoms with Crippen LogP contribution >= 0.6 is 0 Å². The first-order valence-corrected chi connectivity index (χ1v) is 5.51. The Kier molecular flexibility index (Phi) is 3.97. The maximum atomic E-state index is 8.40. The first-order chi connectivity index (χ1) is 6.93. The summed E-state index contributed by atoms with van der Waals surface area (Å²) in [4.78, 5) is 0. The van der Waals surface area contributed by atoms with Crippen molar-refractivity contribution < 1.29 is 9.94 Å². The molecule has 0 bridgehead atoms. The molecule has 0 amide bonds. The highest BCUT2D eigenvalue weighted by Gasteiger charge is 2.32. The number of amidine groups is 1. The van der Waals surface area contributed by atoms with E-state index < -0.39 is 0 Å². The van der Waals surface area contributed by atoms with Gasteiger partial charge >= 0.3 is 0 Å². The maximum Gasteiger partial charge on any atom is 0.165 e. The molecule has 1 saturated carbocycles. The van der Waals surface area contributed by atoms with Gasteiger partial charge in [-0.2, -0.15) is 0 Å². The Morgan fingerprint density at radius 3 is 2.73 bits per heavy atom. The summed E-state index contributed by atoms with van der Waals surface area (Å²) in [7, 11) is 0. The lowest BCUT2D eigenvalue weighted by Gasteiger charge is -2.38. The fourth-order valence-corrected chi connectivity index (χ4v) is 2.62. The van der Waals surface area contributed by atoms with Gasteiger partial charge in [-0.05, 0) is 30.6 Å². The van der Waals surface area contributed by atoms with E-state index in [-0.39, 0.29) is 18.5 Å². The van der Waals surface area contributed by atoms with Crippen LogP contribution in [0.25, 0.3) is 0 Å². The molecule has 3 N–H and O–H groups in total. The summed E-state index contributed by atoms with van der Waals surface area (Å²) in [5.41, 5.74) is 5.71. The smallest absolute Gasteiger partial charge is 0.165 e. The Balaban J connectivity index is 2.42. The van der Waals surface area contributed by atoms with Crippen LogP contribution in [-0.4, -0.2) is 23.8 Å². The Morgan fingerprint density at radius 2 is 2.20 bits per heavy atom. The molecule has 4 nitrogen and oxygen atoms in total. The molecule has 4 heteroatoms. The van der Waals surface area contributed by atoms with Crippen molar-refractivity contribution in [3.05, 3.63) is 0 Å². The largest absolute Gasteiger partial charge is 0.409 e. The molecule has 88 valence electrons. The number of hydrogen-bond donors (Lipinski definition) is 2. The van der Waals surface area contributed by atoms with Crippen LogP contribution in [0.3, 0.4) is 0 Å². The van der Waals surface area contributed by atoms with Gasteiger partial charge in [-0.25, -0.2) is 0 Å². The molecule has 1 aliphatic rings. The zero-order valence-corrected chi connectivity index (χ0v) is 9.86. The summed E-state index contributed by atoms with van der Waals surface area (Å²) < 4.78 is 5.63. The van der Waals surface area contributed by atoms with E-state index >= 15 is 0 Å². The molecule has 0 heterocycles. The average molecular weight is 214 g/mol. The number of rotatable bonds is 3. The third kappa shape index (κ3) is 4.08. The van der Waals surface area contributed by atoms with Gasteiger partial charge in [0, 0.05) is 0 Å². The molecular formula is C11H22N2O2. The van der Waals surface area contributed by atoms with E-state index in [2.05, 4.69) is 25.9 Å². The van der Waals surface area contributed by atoms with Crippen LogP contribution in [-0.2, 0) is 4.74 Å². The minimum atomic E-state index is 0.144. The van der Waals surface area contributed by atoms with E-state index in [1.165, 1.54) is 6.42 Å². The molecule has 2 atom stereocenters. The first kappa shape index (κ1) is 12.3. The van der Waals surface area contributed by atoms with E-state index in [0.717, 1.165) is 12.8 Å². The van der Waals surface area contributed by atoms with Crippen molar-refractivity contribution in [3.63, 3.8) is 0 Å². The van der Waals surface area contributed by atoms with E-state index in [1.807, 2.05) is 0 Å². The molecule has 2 unspecified atom stereocenters. The minimum Gasteiger partial charge on any atom is -0.409 e. The van der Waals surface area contributed by atoms with Crippen LogP contribution < -0.4 is 5.73 Å². The lowest BCUT2D eigenvalue weighted by molar-refractivity contribution is -0.00737. The number of ether oxygens (including phenoxy) is 1. The molecule has 0 radical (unpaired) electrons. The minimum absolute atomic E-state index is 0.144. The van der Waals surface area contributed by atoms with Gasteiger partial charge in [0.15, 0.2) is 5.84 Å². The van der Waals surface area contributed by atoms with Gasteiger partial charge in [0.1, 0.15) is 6.61 Å². The van der Waals surface area contributed by atoms with E-state index in [0.29, 0.717) is 11.3 Å². The van der Waals surface area contributed by atoms with Gasteiger partial charge in [-0.3, -0.25) is 0 Å². The van der Waals surface area contributed by atoms with E-state index in [1.54, 1.807) is 0 Å². The van der Waals surface area contributed by atoms with Crippen molar-refractivity contribution in [1.29, 1.82) is 0 Å². The van der Waals surface area contributed by atoms with Crippen molar-refractivity contribution in [2.75, 3.05) is 6.61 Å². The van der Waals surface area contributed by atoms with E-state index in [9.17, 15) is 0 Å². The van der Waals surface area contributed by atoms with Gasteiger partial charge in [-0.1, -0.05) is 25.9 Å². The zero-order valence-electron chi connectivity index (χ0n) is 9.86. The summed E-state index contributed by atoms with van der Waals surface area (Å²) in [5, 5.41) is 11.3. The van der Waals surface area contributed by atoms with Crippen molar-refractivity contribution in [2.24, 2.45) is 22.2 Å². The van der Waals surface area contributed by atoms with E-state index in [4.69, 9.17) is 15.7 Å². The molecule has 1 fully saturated rings. The zero-order chi connectivity index (χ0) is 11.5. The van der Waals surface area contributed by atoms with Crippen LogP contribution in [0.15, 0.2) is 5.16 Å². The SMILES string of the molecule is CC1CC(OC/C(N)=N/O)CC(C)(C)C1. The lowest BCUT2D eigenvalue weighted by Crippen LogP contribution is -2.34. The highest BCUT2D eigenvalue weighted by atomic mass is 16.5. The summed E-state index contributed by atoms with van der Waals surface area (Å²) in [6.07, 6.45) is 3.61. The molecule has 0 aliphatic heterocycles. The van der Waals surface area contributed by atoms with Gasteiger partial charge < -0.3 is 15.7 Å². The summed E-state index contributed by atoms with van der Waals surface area (Å²) in [6.45, 7) is 7.01. The van der Waals surface area contributed by atoms with Gasteiger partial charge in [0.25, 0.3) is 0 Å². The van der Waals surface area contributed by atoms with Gasteiger partial charge in [-0.15, -0.1) is 0 Å². The van der Waals surface area contributed by atoms with Crippen LogP contribution in [0, 0.1) is 11.3 Å². The predicted octanol–water partition coefficient (Wildman–Crippen LogP) is 1.96. The Bertz CT molecular complexity index is 239. The summed E-state index contributed by atoms with van der Waals surface area (Å²) >= 11 is 0. The second kappa shape index (κ2) is 4.84. The fourth-order valence-electron chi connectivity index (χ4n) is 2.62. The molecule has 0 spiro atoms. The quantitative estimate of drug-likeness (QED) is 0.326. The number of oxime groups is 1. The second-order valence-corrected chi connectivity index (χ2v) is 5.44. The number of nitrogens with two attached hydrogens (primary N) is 1. The Labute approximate surface area is 91.5 Å². The van der Waals surface area contributed by atoms with Crippen LogP contribution in [0.5, 0.6) is 0 Å². The second-order valence-electron chi connectivity index (χ2n) is 5.44. The highest BCUT2D eigenvalue weighted by Crippen LogP contribution is 2.39. The molecule has 0 aromatic carbocycles. The van der Waals surface area contributed by atoms with Gasteiger partial charge in [0.05, 0.1) is 6.10 Å². The summed E-state index contributed by atoms with van der Waals surface area (Å²) in [5.74, 6) is 0.831. The third-order valence-corrected chi connectivity index (χ3v) is 2.94. The van der Waals surface area contributed by atoms with Gasteiger partial charge in [0.2, 0.25) is 0 Å². The molecular weight excluding hydrogens is 192 g/mol. The van der Waals surface area contributed by atoms with Crippen molar-refractivity contribution >= 4 is 5.84 Å². The van der Waals surface area contributed by atoms with Crippen LogP contribution in [0.2, 0.25) is 0 Å². The molecule has 0 aromatic heterocycles. The van der Waals surface area contributed by atoms with Crippen LogP contribution in [0.1, 0.15) is 40.0 Å². The highest BCUT2D eigenvalue weighted by molar-refractivity contribution is 5.80. The van der Waals surface area contributed by atoms with Crippen molar-refractivity contribution in [1.82, 2.24) is 0 Å². The third-order valence-electron chi connectivity index (χ3n) is 2.94. The average Bonchev–Trinajstić information content (AvgIpc) is 2.11. The lowest BCUT2D eigenvalue weighted by atomic mass is 9.71. The summed E-state index contributed by atoms with van der Waals surface area (Å²) in [6, 6.07) is 0. The van der Waals surface area contributed by atoms with Crippen molar-refractivity contribution in [2.45, 2.75) is 46.1 Å². The standard InChI is InChI=1S/C11H22N2O2/c1-8-4-9(6-11(2,3)5-8)15-7-10(12)13-14/h8-9,14H,4-7H2,1-3H3,(H2,12,13). The maximum absolute atomic E-state index is 8.40. The fraction of sp³-hybridized carbons (Fsp3) is 0.909. The number of hydrogen-bond acceptors (Lipinski definition) is 3. The Hall–Kier alpha value is -0.770. The van der Waals surface area contributed by atoms with Crippen molar-refractivity contribution in [3.8, 4) is 0 Å². The molecule has 15 heavy (non-hydrogen) atoms. The van der Waals surface area contributed by atoms with Crippen LogP contribution in [0.4, 0.5) is 0 Å². The molecule has 1 aliphatic carbocycles. The predicted molar refractivity (Wildman–Crippen MR) is 59.9 cm³/mol. The monoisotopic (exact) mass is 214 g/mol. The molecule has 1 rings (SSSR count). The molecule has 0 saturated heterocycles. The Morgan fingerprint density at radius 1 is 1.53 bits per heavy atom. The first-order valence-electron chi connectivity index (χ1n) is 5.51. The number of nitrogens with zero attached hydrogens (tertiary/aromatic N) is 1. The normalized spacial score (nSPS) is 31.5. The topological polar surface area (TPSA) is 67.8 Å². The molecule has 0 aromatic rings.